The van der Waals surface area contributed by atoms with Crippen molar-refractivity contribution in [1.82, 2.24) is 0 Å². The minimum Gasteiger partial charge on any atom is -0.392 e. The number of thioether (sulfide) groups is 1. The van der Waals surface area contributed by atoms with Gasteiger partial charge in [0, 0.05) is 24.7 Å². The van der Waals surface area contributed by atoms with Gasteiger partial charge in [-0.05, 0) is 35.7 Å². The molecule has 1 atom stereocenters. The zero-order chi connectivity index (χ0) is 21.6. The van der Waals surface area contributed by atoms with E-state index in [1.165, 1.54) is 11.8 Å². The summed E-state index contributed by atoms with van der Waals surface area (Å²) in [5.41, 5.74) is 4.34. The van der Waals surface area contributed by atoms with E-state index in [9.17, 15) is 10.4 Å². The summed E-state index contributed by atoms with van der Waals surface area (Å²) in [7, 11) is 3.09. The van der Waals surface area contributed by atoms with Gasteiger partial charge in [-0.25, -0.2) is 0 Å². The van der Waals surface area contributed by atoms with Crippen LogP contribution in [0.4, 0.5) is 0 Å². The molecular formula is C25H25NO3S. The minimum atomic E-state index is -1.33. The van der Waals surface area contributed by atoms with E-state index in [2.05, 4.69) is 6.07 Å². The first kappa shape index (κ1) is 22.1. The van der Waals surface area contributed by atoms with Crippen molar-refractivity contribution >= 4 is 11.8 Å². The van der Waals surface area contributed by atoms with Crippen molar-refractivity contribution in [2.75, 3.05) is 14.2 Å². The molecule has 0 radical (unpaired) electrons. The topological polar surface area (TPSA) is 62.5 Å². The standard InChI is InChI=1S/C25H25NO3S/c1-18-12-14-21(15-13-18)30-23(16-26)25(28-2,29-3)22-11-7-10-20(17-27)24(22)19-8-5-4-6-9-19/h4-15,23,27H,17H2,1-3H3. The van der Waals surface area contributed by atoms with Crippen LogP contribution in [-0.2, 0) is 21.9 Å². The van der Waals surface area contributed by atoms with Crippen molar-refractivity contribution in [2.45, 2.75) is 29.5 Å². The van der Waals surface area contributed by atoms with Crippen LogP contribution in [0.2, 0.25) is 0 Å². The number of ether oxygens (including phenoxy) is 2. The zero-order valence-electron chi connectivity index (χ0n) is 17.3. The van der Waals surface area contributed by atoms with Gasteiger partial charge in [-0.1, -0.05) is 66.2 Å². The number of methoxy groups -OCH3 is 2. The van der Waals surface area contributed by atoms with E-state index in [0.29, 0.717) is 5.56 Å². The molecule has 0 bridgehead atoms. The van der Waals surface area contributed by atoms with Crippen molar-refractivity contribution in [3.8, 4) is 17.2 Å². The SMILES string of the molecule is COC(OC)(c1cccc(CO)c1-c1ccccc1)C(C#N)Sc1ccc(C)cc1. The predicted octanol–water partition coefficient (Wildman–Crippen LogP) is 5.28. The highest BCUT2D eigenvalue weighted by molar-refractivity contribution is 8.00. The van der Waals surface area contributed by atoms with Gasteiger partial charge in [-0.3, -0.25) is 0 Å². The molecule has 0 fully saturated rings. The summed E-state index contributed by atoms with van der Waals surface area (Å²) in [6.07, 6.45) is 0. The van der Waals surface area contributed by atoms with Gasteiger partial charge in [0.05, 0.1) is 12.7 Å². The van der Waals surface area contributed by atoms with Gasteiger partial charge < -0.3 is 14.6 Å². The molecule has 0 aliphatic carbocycles. The van der Waals surface area contributed by atoms with Gasteiger partial charge in [0.15, 0.2) is 5.25 Å². The molecule has 0 saturated carbocycles. The fourth-order valence-electron chi connectivity index (χ4n) is 3.57. The molecule has 3 aromatic carbocycles. The van der Waals surface area contributed by atoms with Gasteiger partial charge in [0.25, 0.3) is 0 Å². The maximum atomic E-state index is 10.1. The van der Waals surface area contributed by atoms with Gasteiger partial charge in [-0.15, -0.1) is 11.8 Å². The fraction of sp³-hybridized carbons (Fsp3) is 0.240. The lowest BCUT2D eigenvalue weighted by molar-refractivity contribution is -0.207. The molecule has 0 heterocycles. The van der Waals surface area contributed by atoms with Crippen molar-refractivity contribution < 1.29 is 14.6 Å². The average Bonchev–Trinajstić information content (AvgIpc) is 2.81. The van der Waals surface area contributed by atoms with E-state index in [-0.39, 0.29) is 6.61 Å². The van der Waals surface area contributed by atoms with Crippen LogP contribution in [0.1, 0.15) is 16.7 Å². The number of nitrogens with zero attached hydrogens (tertiary/aromatic N) is 1. The van der Waals surface area contributed by atoms with E-state index in [4.69, 9.17) is 9.47 Å². The maximum absolute atomic E-state index is 10.1. The number of aliphatic hydroxyl groups is 1. The van der Waals surface area contributed by atoms with Gasteiger partial charge in [0.2, 0.25) is 5.79 Å². The molecule has 0 aliphatic heterocycles. The van der Waals surface area contributed by atoms with E-state index < -0.39 is 11.0 Å². The van der Waals surface area contributed by atoms with Gasteiger partial charge in [0.1, 0.15) is 0 Å². The Balaban J connectivity index is 2.17. The fourth-order valence-corrected chi connectivity index (χ4v) is 4.66. The molecule has 4 nitrogen and oxygen atoms in total. The Morgan fingerprint density at radius 1 is 0.967 bits per heavy atom. The van der Waals surface area contributed by atoms with Crippen molar-refractivity contribution in [2.24, 2.45) is 0 Å². The first-order valence-corrected chi connectivity index (χ1v) is 10.5. The number of aryl methyl sites for hydroxylation is 1. The van der Waals surface area contributed by atoms with Crippen LogP contribution in [0.15, 0.2) is 77.7 Å². The Kier molecular flexibility index (Phi) is 7.30. The van der Waals surface area contributed by atoms with E-state index in [1.807, 2.05) is 79.7 Å². The Labute approximate surface area is 182 Å². The second-order valence-electron chi connectivity index (χ2n) is 6.88. The van der Waals surface area contributed by atoms with Crippen LogP contribution in [-0.4, -0.2) is 24.6 Å². The Bertz CT molecular complexity index is 1010. The Hall–Kier alpha value is -2.62. The first-order chi connectivity index (χ1) is 14.6. The number of aliphatic hydroxyl groups excluding tert-OH is 1. The number of hydrogen-bond acceptors (Lipinski definition) is 5. The summed E-state index contributed by atoms with van der Waals surface area (Å²) in [5.74, 6) is -1.33. The van der Waals surface area contributed by atoms with E-state index in [0.717, 1.165) is 27.1 Å². The summed E-state index contributed by atoms with van der Waals surface area (Å²) < 4.78 is 11.9. The van der Waals surface area contributed by atoms with Crippen LogP contribution >= 0.6 is 11.8 Å². The third kappa shape index (κ3) is 4.28. The maximum Gasteiger partial charge on any atom is 0.221 e. The highest BCUT2D eigenvalue weighted by atomic mass is 32.2. The molecule has 0 spiro atoms. The first-order valence-electron chi connectivity index (χ1n) is 9.61. The molecule has 3 rings (SSSR count). The van der Waals surface area contributed by atoms with Crippen molar-refractivity contribution in [3.05, 3.63) is 89.5 Å². The second-order valence-corrected chi connectivity index (χ2v) is 8.06. The smallest absolute Gasteiger partial charge is 0.221 e. The molecule has 5 heteroatoms. The van der Waals surface area contributed by atoms with Crippen LogP contribution in [0.3, 0.4) is 0 Å². The lowest BCUT2D eigenvalue weighted by Gasteiger charge is -2.36. The highest BCUT2D eigenvalue weighted by Crippen LogP contribution is 2.44. The monoisotopic (exact) mass is 419 g/mol. The molecule has 154 valence electrons. The summed E-state index contributed by atoms with van der Waals surface area (Å²) in [6, 6.07) is 25.8. The van der Waals surface area contributed by atoms with Crippen LogP contribution in [0, 0.1) is 18.3 Å². The van der Waals surface area contributed by atoms with E-state index in [1.54, 1.807) is 14.2 Å². The second kappa shape index (κ2) is 9.92. The molecule has 1 unspecified atom stereocenters. The normalized spacial score (nSPS) is 12.4. The van der Waals surface area contributed by atoms with Crippen LogP contribution in [0.25, 0.3) is 11.1 Å². The highest BCUT2D eigenvalue weighted by Gasteiger charge is 2.44. The number of benzene rings is 3. The molecular weight excluding hydrogens is 394 g/mol. The minimum absolute atomic E-state index is 0.135. The predicted molar refractivity (Wildman–Crippen MR) is 120 cm³/mol. The zero-order valence-corrected chi connectivity index (χ0v) is 18.1. The average molecular weight is 420 g/mol. The Morgan fingerprint density at radius 2 is 1.63 bits per heavy atom. The molecule has 0 aromatic heterocycles. The molecule has 3 aromatic rings. The van der Waals surface area contributed by atoms with Crippen LogP contribution < -0.4 is 0 Å². The summed E-state index contributed by atoms with van der Waals surface area (Å²) in [5, 5.41) is 19.4. The van der Waals surface area contributed by atoms with Crippen molar-refractivity contribution in [3.63, 3.8) is 0 Å². The quantitative estimate of drug-likeness (QED) is 0.397. The van der Waals surface area contributed by atoms with Gasteiger partial charge >= 0.3 is 0 Å². The lowest BCUT2D eigenvalue weighted by Crippen LogP contribution is -2.41. The number of hydrogen-bond donors (Lipinski definition) is 1. The molecule has 0 saturated heterocycles. The number of rotatable bonds is 8. The molecule has 1 N–H and O–H groups in total. The third-order valence-electron chi connectivity index (χ3n) is 5.10. The molecule has 0 amide bonds. The van der Waals surface area contributed by atoms with Crippen LogP contribution in [0.5, 0.6) is 0 Å². The lowest BCUT2D eigenvalue weighted by atomic mass is 9.88. The van der Waals surface area contributed by atoms with Crippen molar-refractivity contribution in [1.29, 1.82) is 5.26 Å². The third-order valence-corrected chi connectivity index (χ3v) is 6.30. The largest absolute Gasteiger partial charge is 0.392 e. The Morgan fingerprint density at radius 3 is 2.20 bits per heavy atom. The van der Waals surface area contributed by atoms with Gasteiger partial charge in [-0.2, -0.15) is 5.26 Å². The van der Waals surface area contributed by atoms with E-state index >= 15 is 0 Å². The number of nitriles is 1. The summed E-state index contributed by atoms with van der Waals surface area (Å²) >= 11 is 1.39. The summed E-state index contributed by atoms with van der Waals surface area (Å²) in [6.45, 7) is 1.89. The molecule has 30 heavy (non-hydrogen) atoms. The molecule has 0 aliphatic rings. The summed E-state index contributed by atoms with van der Waals surface area (Å²) in [4.78, 5) is 0.949.